The van der Waals surface area contributed by atoms with Crippen LogP contribution in [0.2, 0.25) is 0 Å². The predicted octanol–water partition coefficient (Wildman–Crippen LogP) is 1.78. The Balaban J connectivity index is 2.11. The molecule has 2 aromatic rings. The molecule has 0 aliphatic rings. The molecule has 0 unspecified atom stereocenters. The number of sulfone groups is 1. The fraction of sp³-hybridized carbons (Fsp3) is 0.286. The Hall–Kier alpha value is -1.99. The molecule has 0 saturated carbocycles. The van der Waals surface area contributed by atoms with Gasteiger partial charge in [0.2, 0.25) is 5.88 Å². The molecule has 0 spiro atoms. The number of nitrogens with one attached hydrogen (secondary N) is 1. The highest BCUT2D eigenvalue weighted by atomic mass is 32.2. The summed E-state index contributed by atoms with van der Waals surface area (Å²) in [5.41, 5.74) is 0.780. The summed E-state index contributed by atoms with van der Waals surface area (Å²) in [5.74, 6) is 0.884. The van der Waals surface area contributed by atoms with E-state index in [1.54, 1.807) is 18.3 Å². The zero-order valence-electron chi connectivity index (χ0n) is 11.9. The summed E-state index contributed by atoms with van der Waals surface area (Å²) >= 11 is 0. The lowest BCUT2D eigenvalue weighted by molar-refractivity contribution is 0.456. The summed E-state index contributed by atoms with van der Waals surface area (Å²) in [5, 5.41) is 3.15. The molecule has 21 heavy (non-hydrogen) atoms. The van der Waals surface area contributed by atoms with Gasteiger partial charge in [-0.15, -0.1) is 0 Å². The van der Waals surface area contributed by atoms with Crippen molar-refractivity contribution in [3.63, 3.8) is 0 Å². The lowest BCUT2D eigenvalue weighted by atomic mass is 10.3. The van der Waals surface area contributed by atoms with Gasteiger partial charge in [-0.05, 0) is 30.8 Å². The standard InChI is InChI=1S/C14H17N3O3S/c1-3-15-8-11-9-16-10-14(17-11)20-12-4-6-13(7-5-12)21(2,18)19/h4-7,9-10,15H,3,8H2,1-2H3. The SMILES string of the molecule is CCNCc1cncc(Oc2ccc(S(C)(=O)=O)cc2)n1. The minimum absolute atomic E-state index is 0.252. The van der Waals surface area contributed by atoms with Crippen LogP contribution in [0.25, 0.3) is 0 Å². The van der Waals surface area contributed by atoms with Gasteiger partial charge in [-0.3, -0.25) is 4.98 Å². The molecule has 1 N–H and O–H groups in total. The molecule has 6 nitrogen and oxygen atoms in total. The van der Waals surface area contributed by atoms with Gasteiger partial charge in [0.05, 0.1) is 16.8 Å². The maximum absolute atomic E-state index is 11.4. The average molecular weight is 307 g/mol. The molecule has 0 radical (unpaired) electrons. The van der Waals surface area contributed by atoms with E-state index in [4.69, 9.17) is 4.74 Å². The summed E-state index contributed by atoms with van der Waals surface area (Å²) in [6, 6.07) is 6.19. The fourth-order valence-electron chi connectivity index (χ4n) is 1.65. The maximum atomic E-state index is 11.4. The molecule has 1 aromatic carbocycles. The van der Waals surface area contributed by atoms with Crippen molar-refractivity contribution in [3.8, 4) is 11.6 Å². The third-order valence-corrected chi connectivity index (χ3v) is 3.82. The van der Waals surface area contributed by atoms with Crippen LogP contribution in [0.3, 0.4) is 0 Å². The van der Waals surface area contributed by atoms with Gasteiger partial charge in [0.1, 0.15) is 5.75 Å². The predicted molar refractivity (Wildman–Crippen MR) is 79.0 cm³/mol. The van der Waals surface area contributed by atoms with Gasteiger partial charge in [0.25, 0.3) is 0 Å². The maximum Gasteiger partial charge on any atom is 0.238 e. The third-order valence-electron chi connectivity index (χ3n) is 2.69. The molecular weight excluding hydrogens is 290 g/mol. The van der Waals surface area contributed by atoms with Crippen LogP contribution in [0, 0.1) is 0 Å². The molecule has 1 aromatic heterocycles. The van der Waals surface area contributed by atoms with Crippen LogP contribution in [0.4, 0.5) is 0 Å². The van der Waals surface area contributed by atoms with Gasteiger partial charge >= 0.3 is 0 Å². The second-order valence-corrected chi connectivity index (χ2v) is 6.49. The number of hydrogen-bond donors (Lipinski definition) is 1. The monoisotopic (exact) mass is 307 g/mol. The molecule has 0 aliphatic carbocycles. The summed E-state index contributed by atoms with van der Waals surface area (Å²) < 4.78 is 28.3. The normalized spacial score (nSPS) is 11.3. The molecule has 112 valence electrons. The number of hydrogen-bond acceptors (Lipinski definition) is 6. The first-order valence-electron chi connectivity index (χ1n) is 6.48. The van der Waals surface area contributed by atoms with Crippen molar-refractivity contribution >= 4 is 9.84 Å². The van der Waals surface area contributed by atoms with E-state index in [1.807, 2.05) is 6.92 Å². The minimum Gasteiger partial charge on any atom is -0.437 e. The summed E-state index contributed by atoms with van der Waals surface area (Å²) in [4.78, 5) is 8.63. The molecular formula is C14H17N3O3S. The van der Waals surface area contributed by atoms with Crippen molar-refractivity contribution in [3.05, 3.63) is 42.4 Å². The van der Waals surface area contributed by atoms with Crippen molar-refractivity contribution in [1.82, 2.24) is 15.3 Å². The van der Waals surface area contributed by atoms with Crippen molar-refractivity contribution in [2.45, 2.75) is 18.4 Å². The van der Waals surface area contributed by atoms with Crippen molar-refractivity contribution in [2.75, 3.05) is 12.8 Å². The van der Waals surface area contributed by atoms with Crippen LogP contribution < -0.4 is 10.1 Å². The summed E-state index contributed by atoms with van der Waals surface area (Å²) in [6.07, 6.45) is 4.35. The van der Waals surface area contributed by atoms with Gasteiger partial charge in [0.15, 0.2) is 9.84 Å². The Bertz CT molecular complexity index is 700. The Morgan fingerprint density at radius 1 is 1.19 bits per heavy atom. The second-order valence-electron chi connectivity index (χ2n) is 4.47. The van der Waals surface area contributed by atoms with Crippen LogP contribution in [0.5, 0.6) is 11.6 Å². The first-order chi connectivity index (χ1) is 9.99. The second kappa shape index (κ2) is 6.64. The smallest absolute Gasteiger partial charge is 0.238 e. The number of rotatable bonds is 6. The molecule has 1 heterocycles. The molecule has 0 amide bonds. The summed E-state index contributed by atoms with van der Waals surface area (Å²) in [6.45, 7) is 3.48. The highest BCUT2D eigenvalue weighted by molar-refractivity contribution is 7.90. The van der Waals surface area contributed by atoms with E-state index < -0.39 is 9.84 Å². The Morgan fingerprint density at radius 2 is 1.90 bits per heavy atom. The molecule has 0 atom stereocenters. The Labute approximate surface area is 124 Å². The van der Waals surface area contributed by atoms with E-state index in [-0.39, 0.29) is 4.90 Å². The van der Waals surface area contributed by atoms with E-state index in [9.17, 15) is 8.42 Å². The average Bonchev–Trinajstić information content (AvgIpc) is 2.45. The zero-order chi connectivity index (χ0) is 15.3. The first kappa shape index (κ1) is 15.4. The van der Waals surface area contributed by atoms with Crippen molar-refractivity contribution in [1.29, 1.82) is 0 Å². The van der Waals surface area contributed by atoms with Gasteiger partial charge < -0.3 is 10.1 Å². The van der Waals surface area contributed by atoms with E-state index in [2.05, 4.69) is 15.3 Å². The highest BCUT2D eigenvalue weighted by Gasteiger charge is 2.07. The molecule has 0 fully saturated rings. The van der Waals surface area contributed by atoms with Gasteiger partial charge in [-0.1, -0.05) is 6.92 Å². The molecule has 0 bridgehead atoms. The molecule has 0 saturated heterocycles. The molecule has 2 rings (SSSR count). The van der Waals surface area contributed by atoms with Crippen LogP contribution in [0.15, 0.2) is 41.6 Å². The van der Waals surface area contributed by atoms with Crippen LogP contribution >= 0.6 is 0 Å². The minimum atomic E-state index is -3.20. The number of ether oxygens (including phenoxy) is 1. The molecule has 0 aliphatic heterocycles. The van der Waals surface area contributed by atoms with Gasteiger partial charge in [-0.2, -0.15) is 0 Å². The lowest BCUT2D eigenvalue weighted by Crippen LogP contribution is -2.13. The quantitative estimate of drug-likeness (QED) is 0.876. The lowest BCUT2D eigenvalue weighted by Gasteiger charge is -2.07. The number of nitrogens with zero attached hydrogens (tertiary/aromatic N) is 2. The Kier molecular flexibility index (Phi) is 4.87. The fourth-order valence-corrected chi connectivity index (χ4v) is 2.28. The zero-order valence-corrected chi connectivity index (χ0v) is 12.7. The van der Waals surface area contributed by atoms with Crippen LogP contribution in [-0.2, 0) is 16.4 Å². The van der Waals surface area contributed by atoms with Crippen LogP contribution in [0.1, 0.15) is 12.6 Å². The summed E-state index contributed by atoms with van der Waals surface area (Å²) in [7, 11) is -3.20. The molecule has 7 heteroatoms. The van der Waals surface area contributed by atoms with Gasteiger partial charge in [-0.25, -0.2) is 13.4 Å². The van der Waals surface area contributed by atoms with Crippen molar-refractivity contribution in [2.24, 2.45) is 0 Å². The van der Waals surface area contributed by atoms with E-state index in [0.29, 0.717) is 18.2 Å². The van der Waals surface area contributed by atoms with E-state index >= 15 is 0 Å². The third kappa shape index (κ3) is 4.51. The number of aromatic nitrogens is 2. The number of benzene rings is 1. The van der Waals surface area contributed by atoms with Crippen molar-refractivity contribution < 1.29 is 13.2 Å². The Morgan fingerprint density at radius 3 is 2.52 bits per heavy atom. The topological polar surface area (TPSA) is 81.2 Å². The van der Waals surface area contributed by atoms with Crippen LogP contribution in [-0.4, -0.2) is 31.2 Å². The van der Waals surface area contributed by atoms with Gasteiger partial charge in [0, 0.05) is 19.0 Å². The van der Waals surface area contributed by atoms with E-state index in [1.165, 1.54) is 24.6 Å². The largest absolute Gasteiger partial charge is 0.437 e. The first-order valence-corrected chi connectivity index (χ1v) is 8.38. The highest BCUT2D eigenvalue weighted by Crippen LogP contribution is 2.21. The van der Waals surface area contributed by atoms with E-state index in [0.717, 1.165) is 12.2 Å².